The summed E-state index contributed by atoms with van der Waals surface area (Å²) in [5.41, 5.74) is 4.30. The van der Waals surface area contributed by atoms with E-state index in [9.17, 15) is 4.79 Å². The average molecular weight is 273 g/mol. The molecule has 0 spiro atoms. The number of benzene rings is 1. The van der Waals surface area contributed by atoms with Gasteiger partial charge in [-0.1, -0.05) is 6.07 Å². The molecule has 3 rings (SSSR count). The normalized spacial score (nSPS) is 26.6. The molecule has 2 aliphatic rings. The van der Waals surface area contributed by atoms with E-state index >= 15 is 0 Å². The van der Waals surface area contributed by atoms with Crippen LogP contribution >= 0.6 is 0 Å². The van der Waals surface area contributed by atoms with E-state index in [1.165, 1.54) is 24.0 Å². The van der Waals surface area contributed by atoms with Crippen LogP contribution in [0.4, 0.5) is 0 Å². The lowest BCUT2D eigenvalue weighted by atomic mass is 9.95. The Kier molecular flexibility index (Phi) is 3.65. The van der Waals surface area contributed by atoms with Gasteiger partial charge < -0.3 is 4.74 Å². The Morgan fingerprint density at radius 1 is 1.20 bits per heavy atom. The second-order valence-electron chi connectivity index (χ2n) is 6.23. The Morgan fingerprint density at radius 3 is 2.75 bits per heavy atom. The number of fused-ring (bicyclic) bond motifs is 1. The van der Waals surface area contributed by atoms with Crippen molar-refractivity contribution in [2.24, 2.45) is 0 Å². The third kappa shape index (κ3) is 2.40. The summed E-state index contributed by atoms with van der Waals surface area (Å²) in [7, 11) is 0. The van der Waals surface area contributed by atoms with Gasteiger partial charge in [-0.25, -0.2) is 0 Å². The lowest BCUT2D eigenvalue weighted by Crippen LogP contribution is -2.49. The number of aryl methyl sites for hydroxylation is 3. The van der Waals surface area contributed by atoms with Gasteiger partial charge >= 0.3 is 0 Å². The Labute approximate surface area is 120 Å². The van der Waals surface area contributed by atoms with Gasteiger partial charge in [-0.05, 0) is 62.9 Å². The van der Waals surface area contributed by atoms with Crippen LogP contribution in [0.25, 0.3) is 0 Å². The van der Waals surface area contributed by atoms with Crippen molar-refractivity contribution >= 4 is 5.78 Å². The zero-order valence-electron chi connectivity index (χ0n) is 12.6. The lowest BCUT2D eigenvalue weighted by molar-refractivity contribution is -0.0344. The van der Waals surface area contributed by atoms with Gasteiger partial charge in [0, 0.05) is 18.2 Å². The summed E-state index contributed by atoms with van der Waals surface area (Å²) in [5.74, 6) is 0.149. The molecule has 3 nitrogen and oxygen atoms in total. The molecular formula is C17H23NO2. The standard InChI is InChI=1S/C17H23NO2/c1-11-7-13(3)15(8-12(11)2)17(19)16-9-18-6-4-5-14(18)10-20-16/h7-8,14,16H,4-6,9-10H2,1-3H3. The van der Waals surface area contributed by atoms with Gasteiger partial charge in [-0.15, -0.1) is 0 Å². The maximum atomic E-state index is 12.7. The summed E-state index contributed by atoms with van der Waals surface area (Å²) < 4.78 is 5.84. The van der Waals surface area contributed by atoms with Crippen molar-refractivity contribution in [3.63, 3.8) is 0 Å². The van der Waals surface area contributed by atoms with Crippen LogP contribution in [0.1, 0.15) is 39.9 Å². The molecule has 2 saturated heterocycles. The van der Waals surface area contributed by atoms with Crippen LogP contribution in [0.2, 0.25) is 0 Å². The van der Waals surface area contributed by atoms with Crippen molar-refractivity contribution in [2.75, 3.05) is 19.7 Å². The molecule has 0 bridgehead atoms. The van der Waals surface area contributed by atoms with E-state index in [0.29, 0.717) is 12.6 Å². The molecule has 2 aliphatic heterocycles. The van der Waals surface area contributed by atoms with Gasteiger partial charge in [-0.2, -0.15) is 0 Å². The Hall–Kier alpha value is -1.19. The molecule has 0 amide bonds. The quantitative estimate of drug-likeness (QED) is 0.776. The summed E-state index contributed by atoms with van der Waals surface area (Å²) in [6, 6.07) is 4.66. The maximum Gasteiger partial charge on any atom is 0.193 e. The van der Waals surface area contributed by atoms with Crippen molar-refractivity contribution in [1.82, 2.24) is 4.90 Å². The highest BCUT2D eigenvalue weighted by Crippen LogP contribution is 2.25. The van der Waals surface area contributed by atoms with Crippen molar-refractivity contribution in [1.29, 1.82) is 0 Å². The first-order chi connectivity index (χ1) is 9.56. The molecule has 2 heterocycles. The van der Waals surface area contributed by atoms with Crippen LogP contribution in [0.15, 0.2) is 12.1 Å². The van der Waals surface area contributed by atoms with Crippen molar-refractivity contribution in [3.05, 3.63) is 34.4 Å². The van der Waals surface area contributed by atoms with Crippen molar-refractivity contribution in [2.45, 2.75) is 45.8 Å². The fourth-order valence-electron chi connectivity index (χ4n) is 3.38. The molecule has 0 N–H and O–H groups in total. The molecule has 0 saturated carbocycles. The monoisotopic (exact) mass is 273 g/mol. The molecule has 2 atom stereocenters. The number of nitrogens with zero attached hydrogens (tertiary/aromatic N) is 1. The lowest BCUT2D eigenvalue weighted by Gasteiger charge is -2.34. The highest BCUT2D eigenvalue weighted by molar-refractivity contribution is 6.01. The largest absolute Gasteiger partial charge is 0.367 e. The third-order valence-electron chi connectivity index (χ3n) is 4.79. The first kappa shape index (κ1) is 13.8. The van der Waals surface area contributed by atoms with Gasteiger partial charge in [0.2, 0.25) is 0 Å². The fraction of sp³-hybridized carbons (Fsp3) is 0.588. The highest BCUT2D eigenvalue weighted by atomic mass is 16.5. The van der Waals surface area contributed by atoms with Gasteiger partial charge in [0.15, 0.2) is 5.78 Å². The topological polar surface area (TPSA) is 29.5 Å². The second kappa shape index (κ2) is 5.30. The van der Waals surface area contributed by atoms with Crippen LogP contribution < -0.4 is 0 Å². The Balaban J connectivity index is 1.80. The van der Waals surface area contributed by atoms with E-state index in [1.807, 2.05) is 13.0 Å². The van der Waals surface area contributed by atoms with Crippen LogP contribution in [0.3, 0.4) is 0 Å². The summed E-state index contributed by atoms with van der Waals surface area (Å²) in [6.45, 7) is 8.74. The smallest absolute Gasteiger partial charge is 0.193 e. The van der Waals surface area contributed by atoms with Crippen molar-refractivity contribution in [3.8, 4) is 0 Å². The van der Waals surface area contributed by atoms with Gasteiger partial charge in [0.1, 0.15) is 6.10 Å². The van der Waals surface area contributed by atoms with E-state index in [4.69, 9.17) is 4.74 Å². The zero-order chi connectivity index (χ0) is 14.3. The number of carbonyl (C=O) groups is 1. The number of Topliss-reactive ketones (excluding diaryl/α,β-unsaturated/α-hetero) is 1. The minimum atomic E-state index is -0.287. The molecular weight excluding hydrogens is 250 g/mol. The minimum Gasteiger partial charge on any atom is -0.367 e. The van der Waals surface area contributed by atoms with E-state index in [2.05, 4.69) is 24.8 Å². The van der Waals surface area contributed by atoms with Gasteiger partial charge in [-0.3, -0.25) is 9.69 Å². The molecule has 0 aliphatic carbocycles. The number of hydrogen-bond acceptors (Lipinski definition) is 3. The molecule has 3 heteroatoms. The predicted molar refractivity (Wildman–Crippen MR) is 79.3 cm³/mol. The zero-order valence-corrected chi connectivity index (χ0v) is 12.6. The maximum absolute atomic E-state index is 12.7. The first-order valence-electron chi connectivity index (χ1n) is 7.54. The minimum absolute atomic E-state index is 0.149. The van der Waals surface area contributed by atoms with Crippen LogP contribution in [-0.4, -0.2) is 42.5 Å². The van der Waals surface area contributed by atoms with E-state index in [-0.39, 0.29) is 11.9 Å². The number of morpholine rings is 1. The SMILES string of the molecule is Cc1cc(C)c(C(=O)C2CN3CCCC3CO2)cc1C. The number of hydrogen-bond donors (Lipinski definition) is 0. The fourth-order valence-corrected chi connectivity index (χ4v) is 3.38. The third-order valence-corrected chi connectivity index (χ3v) is 4.79. The highest BCUT2D eigenvalue weighted by Gasteiger charge is 2.35. The van der Waals surface area contributed by atoms with E-state index in [1.54, 1.807) is 0 Å². The summed E-state index contributed by atoms with van der Waals surface area (Å²) in [5, 5.41) is 0. The molecule has 2 fully saturated rings. The molecule has 1 aromatic carbocycles. The molecule has 0 aromatic heterocycles. The molecule has 1 aromatic rings. The summed E-state index contributed by atoms with van der Waals surface area (Å²) in [4.78, 5) is 15.1. The molecule has 20 heavy (non-hydrogen) atoms. The first-order valence-corrected chi connectivity index (χ1v) is 7.54. The van der Waals surface area contributed by atoms with E-state index < -0.39 is 0 Å². The number of rotatable bonds is 2. The van der Waals surface area contributed by atoms with Crippen LogP contribution in [-0.2, 0) is 4.74 Å². The van der Waals surface area contributed by atoms with Gasteiger partial charge in [0.25, 0.3) is 0 Å². The second-order valence-corrected chi connectivity index (χ2v) is 6.23. The Bertz CT molecular complexity index is 538. The molecule has 108 valence electrons. The van der Waals surface area contributed by atoms with Crippen LogP contribution in [0.5, 0.6) is 0 Å². The van der Waals surface area contributed by atoms with Crippen molar-refractivity contribution < 1.29 is 9.53 Å². The molecule has 2 unspecified atom stereocenters. The summed E-state index contributed by atoms with van der Waals surface area (Å²) >= 11 is 0. The average Bonchev–Trinajstić information content (AvgIpc) is 2.89. The number of ether oxygens (including phenoxy) is 1. The van der Waals surface area contributed by atoms with Gasteiger partial charge in [0.05, 0.1) is 6.61 Å². The summed E-state index contributed by atoms with van der Waals surface area (Å²) in [6.07, 6.45) is 2.16. The van der Waals surface area contributed by atoms with E-state index in [0.717, 1.165) is 24.2 Å². The molecule has 0 radical (unpaired) electrons. The predicted octanol–water partition coefficient (Wildman–Crippen LogP) is 2.66. The number of carbonyl (C=O) groups excluding carboxylic acids is 1. The van der Waals surface area contributed by atoms with Crippen LogP contribution in [0, 0.1) is 20.8 Å². The Morgan fingerprint density at radius 2 is 1.95 bits per heavy atom. The number of ketones is 1.